The predicted molar refractivity (Wildman–Crippen MR) is 90.3 cm³/mol. The van der Waals surface area contributed by atoms with Crippen LogP contribution < -0.4 is 5.32 Å². The van der Waals surface area contributed by atoms with Crippen molar-refractivity contribution in [2.75, 3.05) is 19.6 Å². The van der Waals surface area contributed by atoms with Crippen molar-refractivity contribution in [2.45, 2.75) is 51.1 Å². The molecule has 2 nitrogen and oxygen atoms in total. The smallest absolute Gasteiger partial charge is 0.0328 e. The summed E-state index contributed by atoms with van der Waals surface area (Å²) in [5, 5.41) is 6.02. The molecule has 0 bridgehead atoms. The van der Waals surface area contributed by atoms with E-state index in [2.05, 4.69) is 37.6 Å². The fourth-order valence-electron chi connectivity index (χ4n) is 3.68. The van der Waals surface area contributed by atoms with Gasteiger partial charge in [-0.3, -0.25) is 4.90 Å². The van der Waals surface area contributed by atoms with Crippen LogP contribution in [-0.4, -0.2) is 30.6 Å². The lowest BCUT2D eigenvalue weighted by atomic mass is 9.83. The van der Waals surface area contributed by atoms with Crippen molar-refractivity contribution in [2.24, 2.45) is 5.92 Å². The number of nitrogens with zero attached hydrogens (tertiary/aromatic N) is 1. The molecule has 2 heterocycles. The third-order valence-corrected chi connectivity index (χ3v) is 6.41. The fourth-order valence-corrected chi connectivity index (χ4v) is 5.17. The molecule has 0 spiro atoms. The maximum Gasteiger partial charge on any atom is 0.0328 e. The number of halogens is 1. The van der Waals surface area contributed by atoms with E-state index in [-0.39, 0.29) is 0 Å². The van der Waals surface area contributed by atoms with Crippen molar-refractivity contribution in [1.82, 2.24) is 10.2 Å². The molecule has 1 aliphatic carbocycles. The lowest BCUT2D eigenvalue weighted by Gasteiger charge is -2.32. The van der Waals surface area contributed by atoms with E-state index in [1.807, 2.05) is 11.3 Å². The summed E-state index contributed by atoms with van der Waals surface area (Å²) in [6.45, 7) is 4.80. The first-order valence-corrected chi connectivity index (χ1v) is 9.67. The summed E-state index contributed by atoms with van der Waals surface area (Å²) in [5.74, 6) is 0.916. The second-order valence-electron chi connectivity index (χ2n) is 6.28. The van der Waals surface area contributed by atoms with Gasteiger partial charge < -0.3 is 5.32 Å². The molecule has 1 aromatic rings. The Kier molecular flexibility index (Phi) is 5.55. The Morgan fingerprint density at radius 1 is 1.25 bits per heavy atom. The molecule has 0 radical (unpaired) electrons. The average Bonchev–Trinajstić information content (AvgIpc) is 2.74. The molecular weight excluding hydrogens is 332 g/mol. The molecule has 0 amide bonds. The predicted octanol–water partition coefficient (Wildman–Crippen LogP) is 4.25. The molecule has 1 aromatic heterocycles. The van der Waals surface area contributed by atoms with Crippen molar-refractivity contribution in [3.8, 4) is 0 Å². The molecule has 4 heteroatoms. The molecule has 1 unspecified atom stereocenters. The van der Waals surface area contributed by atoms with E-state index in [4.69, 9.17) is 0 Å². The Balaban J connectivity index is 1.59. The lowest BCUT2D eigenvalue weighted by Crippen LogP contribution is -2.43. The molecule has 0 aromatic carbocycles. The van der Waals surface area contributed by atoms with E-state index in [1.165, 1.54) is 67.5 Å². The van der Waals surface area contributed by atoms with Gasteiger partial charge in [0.15, 0.2) is 0 Å². The van der Waals surface area contributed by atoms with Gasteiger partial charge in [0.1, 0.15) is 0 Å². The summed E-state index contributed by atoms with van der Waals surface area (Å²) in [5.41, 5.74) is 0. The zero-order chi connectivity index (χ0) is 13.8. The van der Waals surface area contributed by atoms with Gasteiger partial charge >= 0.3 is 0 Å². The number of thiophene rings is 1. The van der Waals surface area contributed by atoms with E-state index in [0.29, 0.717) is 0 Å². The van der Waals surface area contributed by atoms with Gasteiger partial charge in [-0.15, -0.1) is 11.3 Å². The Labute approximate surface area is 135 Å². The standard InChI is InChI=1S/C16H25BrN2S/c17-14-9-15(20-12-14)10-19-8-4-7-18-16(11-19)13-5-2-1-3-6-13/h9,12-13,16,18H,1-8,10-11H2. The number of hydrogen-bond acceptors (Lipinski definition) is 3. The van der Waals surface area contributed by atoms with Gasteiger partial charge in [-0.1, -0.05) is 19.3 Å². The molecule has 3 rings (SSSR count). The van der Waals surface area contributed by atoms with Gasteiger partial charge in [-0.2, -0.15) is 0 Å². The Morgan fingerprint density at radius 3 is 2.85 bits per heavy atom. The SMILES string of the molecule is Brc1csc(CN2CCCNC(C3CCCCC3)C2)c1. The average molecular weight is 357 g/mol. The van der Waals surface area contributed by atoms with Crippen LogP contribution in [-0.2, 0) is 6.54 Å². The third-order valence-electron chi connectivity index (χ3n) is 4.73. The molecule has 1 saturated carbocycles. The maximum atomic E-state index is 3.82. The van der Waals surface area contributed by atoms with E-state index in [1.54, 1.807) is 0 Å². The minimum absolute atomic E-state index is 0.723. The first kappa shape index (κ1) is 15.0. The highest BCUT2D eigenvalue weighted by atomic mass is 79.9. The maximum absolute atomic E-state index is 3.82. The summed E-state index contributed by atoms with van der Waals surface area (Å²) in [4.78, 5) is 4.15. The van der Waals surface area contributed by atoms with Crippen LogP contribution in [0.1, 0.15) is 43.4 Å². The molecular formula is C16H25BrN2S. The fraction of sp³-hybridized carbons (Fsp3) is 0.750. The van der Waals surface area contributed by atoms with Gasteiger partial charge in [-0.05, 0) is 60.3 Å². The summed E-state index contributed by atoms with van der Waals surface area (Å²) in [6, 6.07) is 3.00. The van der Waals surface area contributed by atoms with Crippen LogP contribution in [0.25, 0.3) is 0 Å². The van der Waals surface area contributed by atoms with Gasteiger partial charge in [0, 0.05) is 33.9 Å². The minimum atomic E-state index is 0.723. The highest BCUT2D eigenvalue weighted by Crippen LogP contribution is 2.28. The lowest BCUT2D eigenvalue weighted by molar-refractivity contribution is 0.202. The van der Waals surface area contributed by atoms with E-state index >= 15 is 0 Å². The normalized spacial score (nSPS) is 26.6. The van der Waals surface area contributed by atoms with Gasteiger partial charge in [0.2, 0.25) is 0 Å². The third kappa shape index (κ3) is 4.06. The highest BCUT2D eigenvalue weighted by Gasteiger charge is 2.26. The second kappa shape index (κ2) is 7.39. The molecule has 112 valence electrons. The summed E-state index contributed by atoms with van der Waals surface area (Å²) in [6.07, 6.45) is 8.51. The summed E-state index contributed by atoms with van der Waals surface area (Å²) in [7, 11) is 0. The van der Waals surface area contributed by atoms with E-state index in [9.17, 15) is 0 Å². The molecule has 1 N–H and O–H groups in total. The largest absolute Gasteiger partial charge is 0.312 e. The Morgan fingerprint density at radius 2 is 2.10 bits per heavy atom. The summed E-state index contributed by atoms with van der Waals surface area (Å²) < 4.78 is 1.23. The topological polar surface area (TPSA) is 15.3 Å². The number of rotatable bonds is 3. The van der Waals surface area contributed by atoms with Crippen molar-refractivity contribution in [3.05, 3.63) is 20.8 Å². The second-order valence-corrected chi connectivity index (χ2v) is 8.19. The van der Waals surface area contributed by atoms with Crippen LogP contribution in [0.3, 0.4) is 0 Å². The van der Waals surface area contributed by atoms with Crippen molar-refractivity contribution in [1.29, 1.82) is 0 Å². The Bertz CT molecular complexity index is 414. The van der Waals surface area contributed by atoms with Gasteiger partial charge in [-0.25, -0.2) is 0 Å². The molecule has 20 heavy (non-hydrogen) atoms. The molecule has 2 fully saturated rings. The first-order chi connectivity index (χ1) is 9.81. The van der Waals surface area contributed by atoms with E-state index in [0.717, 1.165) is 18.5 Å². The van der Waals surface area contributed by atoms with Crippen LogP contribution in [0.4, 0.5) is 0 Å². The zero-order valence-electron chi connectivity index (χ0n) is 12.1. The molecule has 1 atom stereocenters. The van der Waals surface area contributed by atoms with Crippen LogP contribution in [0.2, 0.25) is 0 Å². The first-order valence-electron chi connectivity index (χ1n) is 8.00. The molecule has 2 aliphatic rings. The number of nitrogens with one attached hydrogen (secondary N) is 1. The van der Waals surface area contributed by atoms with Crippen LogP contribution in [0, 0.1) is 5.92 Å². The van der Waals surface area contributed by atoms with E-state index < -0.39 is 0 Å². The molecule has 1 aliphatic heterocycles. The number of hydrogen-bond donors (Lipinski definition) is 1. The van der Waals surface area contributed by atoms with Gasteiger partial charge in [0.25, 0.3) is 0 Å². The van der Waals surface area contributed by atoms with Crippen LogP contribution in [0.15, 0.2) is 15.9 Å². The quantitative estimate of drug-likeness (QED) is 0.870. The highest BCUT2D eigenvalue weighted by molar-refractivity contribution is 9.10. The van der Waals surface area contributed by atoms with Crippen molar-refractivity contribution in [3.63, 3.8) is 0 Å². The zero-order valence-corrected chi connectivity index (χ0v) is 14.5. The van der Waals surface area contributed by atoms with Crippen LogP contribution in [0.5, 0.6) is 0 Å². The van der Waals surface area contributed by atoms with Crippen molar-refractivity contribution < 1.29 is 0 Å². The van der Waals surface area contributed by atoms with Crippen LogP contribution >= 0.6 is 27.3 Å². The Hall–Kier alpha value is 0.1000. The summed E-state index contributed by atoms with van der Waals surface area (Å²) >= 11 is 5.44. The van der Waals surface area contributed by atoms with Gasteiger partial charge in [0.05, 0.1) is 0 Å². The monoisotopic (exact) mass is 356 g/mol. The minimum Gasteiger partial charge on any atom is -0.312 e. The van der Waals surface area contributed by atoms with Crippen molar-refractivity contribution >= 4 is 27.3 Å². The molecule has 1 saturated heterocycles.